The van der Waals surface area contributed by atoms with Gasteiger partial charge in [-0.15, -0.1) is 0 Å². The summed E-state index contributed by atoms with van der Waals surface area (Å²) in [7, 11) is 0. The van der Waals surface area contributed by atoms with Gasteiger partial charge in [-0.3, -0.25) is 4.79 Å². The highest BCUT2D eigenvalue weighted by Crippen LogP contribution is 2.36. The first-order chi connectivity index (χ1) is 9.59. The van der Waals surface area contributed by atoms with Gasteiger partial charge in [-0.2, -0.15) is 0 Å². The van der Waals surface area contributed by atoms with Crippen LogP contribution in [-0.4, -0.2) is 12.0 Å². The summed E-state index contributed by atoms with van der Waals surface area (Å²) >= 11 is 6.14. The fourth-order valence-electron chi connectivity index (χ4n) is 2.27. The number of carbonyl (C=O) groups is 1. The number of halogens is 1. The molecule has 0 heterocycles. The van der Waals surface area contributed by atoms with Crippen LogP contribution in [-0.2, 0) is 0 Å². The molecule has 1 N–H and O–H groups in total. The third kappa shape index (κ3) is 4.96. The normalized spacial score (nSPS) is 14.6. The number of nitrogens with one attached hydrogen (secondary N) is 1. The predicted molar refractivity (Wildman–Crippen MR) is 90.7 cm³/mol. The second-order valence-electron chi connectivity index (χ2n) is 7.32. The lowest BCUT2D eigenvalue weighted by molar-refractivity contribution is 0.0793. The molecule has 1 aromatic rings. The van der Waals surface area contributed by atoms with Gasteiger partial charge in [-0.1, -0.05) is 51.4 Å². The van der Waals surface area contributed by atoms with Crippen LogP contribution in [0.15, 0.2) is 18.2 Å². The van der Waals surface area contributed by atoms with E-state index in [2.05, 4.69) is 20.8 Å². The van der Waals surface area contributed by atoms with E-state index < -0.39 is 5.41 Å². The highest BCUT2D eigenvalue weighted by molar-refractivity contribution is 6.31. The summed E-state index contributed by atoms with van der Waals surface area (Å²) in [5, 5.41) is 8.04. The molecule has 0 aliphatic heterocycles. The lowest BCUT2D eigenvalue weighted by Gasteiger charge is -2.30. The van der Waals surface area contributed by atoms with E-state index in [1.807, 2.05) is 26.0 Å². The van der Waals surface area contributed by atoms with E-state index in [0.29, 0.717) is 17.0 Å². The summed E-state index contributed by atoms with van der Waals surface area (Å²) in [6, 6.07) is 5.46. The maximum absolute atomic E-state index is 12.9. The van der Waals surface area contributed by atoms with Gasteiger partial charge < -0.3 is 5.41 Å². The van der Waals surface area contributed by atoms with E-state index in [1.165, 1.54) is 6.21 Å². The van der Waals surface area contributed by atoms with Gasteiger partial charge >= 0.3 is 0 Å². The van der Waals surface area contributed by atoms with Crippen molar-refractivity contribution in [3.05, 3.63) is 34.3 Å². The number of Topliss-reactive ketones (excluding diaryl/α,β-unsaturated/α-hetero) is 1. The van der Waals surface area contributed by atoms with Gasteiger partial charge in [-0.05, 0) is 49.4 Å². The van der Waals surface area contributed by atoms with Gasteiger partial charge in [0.2, 0.25) is 0 Å². The molecule has 0 fully saturated rings. The summed E-state index contributed by atoms with van der Waals surface area (Å²) in [5.41, 5.74) is 1.25. The first-order valence-corrected chi connectivity index (χ1v) is 7.77. The molecule has 1 atom stereocenters. The number of benzene rings is 1. The monoisotopic (exact) mass is 307 g/mol. The van der Waals surface area contributed by atoms with Crippen molar-refractivity contribution in [2.24, 2.45) is 10.8 Å². The molecule has 0 saturated heterocycles. The minimum atomic E-state index is -0.534. The van der Waals surface area contributed by atoms with Crippen LogP contribution in [0.3, 0.4) is 0 Å². The average molecular weight is 308 g/mol. The topological polar surface area (TPSA) is 40.9 Å². The van der Waals surface area contributed by atoms with Gasteiger partial charge in [0.1, 0.15) is 0 Å². The van der Waals surface area contributed by atoms with Crippen molar-refractivity contribution in [1.82, 2.24) is 0 Å². The van der Waals surface area contributed by atoms with Gasteiger partial charge in [0, 0.05) is 16.0 Å². The third-order valence-electron chi connectivity index (χ3n) is 3.96. The summed E-state index contributed by atoms with van der Waals surface area (Å²) in [4.78, 5) is 12.9. The zero-order valence-electron chi connectivity index (χ0n) is 13.7. The van der Waals surface area contributed by atoms with Crippen LogP contribution < -0.4 is 0 Å². The Hall–Kier alpha value is -1.15. The fraction of sp³-hybridized carbons (Fsp3) is 0.556. The summed E-state index contributed by atoms with van der Waals surface area (Å²) in [5.74, 6) is 0.0807. The lowest BCUT2D eigenvalue weighted by Crippen LogP contribution is -2.30. The molecule has 1 aromatic carbocycles. The van der Waals surface area contributed by atoms with Crippen LogP contribution in [0.2, 0.25) is 5.02 Å². The lowest BCUT2D eigenvalue weighted by atomic mass is 9.72. The standard InChI is InChI=1S/C18H26ClNO/c1-13-6-7-14(12-15(13)19)16(21)18(5,10-11-20)9-8-17(2,3)4/h6-7,11-12,20H,8-10H2,1-5H3. The van der Waals surface area contributed by atoms with Crippen LogP contribution in [0.1, 0.15) is 62.9 Å². The van der Waals surface area contributed by atoms with E-state index in [9.17, 15) is 4.79 Å². The van der Waals surface area contributed by atoms with E-state index in [1.54, 1.807) is 6.07 Å². The molecule has 1 rings (SSSR count). The molecule has 2 nitrogen and oxygen atoms in total. The highest BCUT2D eigenvalue weighted by atomic mass is 35.5. The van der Waals surface area contributed by atoms with Crippen molar-refractivity contribution < 1.29 is 4.79 Å². The van der Waals surface area contributed by atoms with Crippen LogP contribution in [0.25, 0.3) is 0 Å². The van der Waals surface area contributed by atoms with Crippen molar-refractivity contribution >= 4 is 23.6 Å². The van der Waals surface area contributed by atoms with Crippen molar-refractivity contribution in [3.63, 3.8) is 0 Å². The van der Waals surface area contributed by atoms with Crippen LogP contribution in [0.4, 0.5) is 0 Å². The molecular formula is C18H26ClNO. The smallest absolute Gasteiger partial charge is 0.169 e. The molecule has 0 saturated carbocycles. The number of rotatable bonds is 6. The number of ketones is 1. The largest absolute Gasteiger partial charge is 0.313 e. The summed E-state index contributed by atoms with van der Waals surface area (Å²) in [6.45, 7) is 10.4. The van der Waals surface area contributed by atoms with Crippen LogP contribution >= 0.6 is 11.6 Å². The second kappa shape index (κ2) is 6.74. The van der Waals surface area contributed by atoms with E-state index in [-0.39, 0.29) is 11.2 Å². The maximum Gasteiger partial charge on any atom is 0.169 e. The van der Waals surface area contributed by atoms with Gasteiger partial charge in [0.15, 0.2) is 5.78 Å². The Bertz CT molecular complexity index is 531. The Morgan fingerprint density at radius 3 is 2.33 bits per heavy atom. The molecule has 0 aliphatic carbocycles. The fourth-order valence-corrected chi connectivity index (χ4v) is 2.45. The molecule has 3 heteroatoms. The summed E-state index contributed by atoms with van der Waals surface area (Å²) in [6.07, 6.45) is 3.53. The Balaban J connectivity index is 3.05. The Morgan fingerprint density at radius 1 is 1.24 bits per heavy atom. The van der Waals surface area contributed by atoms with E-state index in [0.717, 1.165) is 18.4 Å². The minimum absolute atomic E-state index is 0.0807. The van der Waals surface area contributed by atoms with Crippen LogP contribution in [0, 0.1) is 23.2 Å². The van der Waals surface area contributed by atoms with Crippen molar-refractivity contribution in [3.8, 4) is 0 Å². The Labute approximate surface area is 133 Å². The Morgan fingerprint density at radius 2 is 1.86 bits per heavy atom. The molecule has 0 radical (unpaired) electrons. The molecule has 21 heavy (non-hydrogen) atoms. The quantitative estimate of drug-likeness (QED) is 0.531. The second-order valence-corrected chi connectivity index (χ2v) is 7.73. The molecule has 116 valence electrons. The maximum atomic E-state index is 12.9. The molecule has 1 unspecified atom stereocenters. The molecular weight excluding hydrogens is 282 g/mol. The number of carbonyl (C=O) groups excluding carboxylic acids is 1. The number of hydrogen-bond donors (Lipinski definition) is 1. The van der Waals surface area contributed by atoms with Crippen molar-refractivity contribution in [2.45, 2.75) is 53.9 Å². The predicted octanol–water partition coefficient (Wildman–Crippen LogP) is 5.70. The average Bonchev–Trinajstić information content (AvgIpc) is 2.38. The number of hydrogen-bond acceptors (Lipinski definition) is 2. The third-order valence-corrected chi connectivity index (χ3v) is 4.37. The summed E-state index contributed by atoms with van der Waals surface area (Å²) < 4.78 is 0. The first-order valence-electron chi connectivity index (χ1n) is 7.39. The van der Waals surface area contributed by atoms with Gasteiger partial charge in [0.05, 0.1) is 0 Å². The SMILES string of the molecule is Cc1ccc(C(=O)C(C)(CC=N)CCC(C)(C)C)cc1Cl. The van der Waals surface area contributed by atoms with E-state index in [4.69, 9.17) is 17.0 Å². The van der Waals surface area contributed by atoms with Crippen molar-refractivity contribution in [2.75, 3.05) is 0 Å². The Kier molecular flexibility index (Phi) is 5.75. The zero-order chi connectivity index (χ0) is 16.3. The van der Waals surface area contributed by atoms with E-state index >= 15 is 0 Å². The molecule has 0 aromatic heterocycles. The van der Waals surface area contributed by atoms with Crippen LogP contribution in [0.5, 0.6) is 0 Å². The van der Waals surface area contributed by atoms with Crippen molar-refractivity contribution in [1.29, 1.82) is 5.41 Å². The first kappa shape index (κ1) is 17.9. The minimum Gasteiger partial charge on any atom is -0.313 e. The van der Waals surface area contributed by atoms with Gasteiger partial charge in [0.25, 0.3) is 0 Å². The zero-order valence-corrected chi connectivity index (χ0v) is 14.5. The molecule has 0 amide bonds. The molecule has 0 spiro atoms. The highest BCUT2D eigenvalue weighted by Gasteiger charge is 2.34. The number of aryl methyl sites for hydroxylation is 1. The van der Waals surface area contributed by atoms with Gasteiger partial charge in [-0.25, -0.2) is 0 Å². The molecule has 0 aliphatic rings. The molecule has 0 bridgehead atoms.